The molecular formula is C15H13ClN4O2S. The Hall–Kier alpha value is -2.38. The normalized spacial score (nSPS) is 11.3. The van der Waals surface area contributed by atoms with Crippen LogP contribution >= 0.6 is 11.6 Å². The molecule has 1 N–H and O–H groups in total. The maximum absolute atomic E-state index is 12.2. The number of sulfonamides is 1. The van der Waals surface area contributed by atoms with Crippen molar-refractivity contribution in [3.8, 4) is 0 Å². The maximum atomic E-state index is 12.2. The van der Waals surface area contributed by atoms with Gasteiger partial charge in [0.2, 0.25) is 0 Å². The van der Waals surface area contributed by atoms with E-state index in [4.69, 9.17) is 11.6 Å². The molecule has 6 nitrogen and oxygen atoms in total. The van der Waals surface area contributed by atoms with E-state index in [0.717, 1.165) is 5.56 Å². The predicted octanol–water partition coefficient (Wildman–Crippen LogP) is 2.78. The Morgan fingerprint density at radius 3 is 2.43 bits per heavy atom. The van der Waals surface area contributed by atoms with Gasteiger partial charge in [-0.15, -0.1) is 5.10 Å². The summed E-state index contributed by atoms with van der Waals surface area (Å²) in [4.78, 5) is 4.07. The molecule has 0 unspecified atom stereocenters. The van der Waals surface area contributed by atoms with Gasteiger partial charge < -0.3 is 0 Å². The van der Waals surface area contributed by atoms with Crippen LogP contribution in [0.1, 0.15) is 5.56 Å². The van der Waals surface area contributed by atoms with Crippen molar-refractivity contribution in [1.82, 2.24) is 14.8 Å². The van der Waals surface area contributed by atoms with Crippen molar-refractivity contribution >= 4 is 27.6 Å². The molecular weight excluding hydrogens is 336 g/mol. The Kier molecular flexibility index (Phi) is 4.31. The third kappa shape index (κ3) is 3.88. The number of nitrogens with zero attached hydrogens (tertiary/aromatic N) is 3. The van der Waals surface area contributed by atoms with E-state index in [-0.39, 0.29) is 10.8 Å². The topological polar surface area (TPSA) is 76.9 Å². The van der Waals surface area contributed by atoms with E-state index < -0.39 is 10.0 Å². The number of nitrogens with one attached hydrogen (secondary N) is 1. The molecule has 3 aromatic rings. The van der Waals surface area contributed by atoms with E-state index in [9.17, 15) is 8.42 Å². The van der Waals surface area contributed by atoms with E-state index in [1.807, 2.05) is 30.3 Å². The van der Waals surface area contributed by atoms with Gasteiger partial charge >= 0.3 is 0 Å². The lowest BCUT2D eigenvalue weighted by Crippen LogP contribution is -2.14. The standard InChI is InChI=1S/C15H13ClN4O2S/c16-13-6-8-14(9-7-13)23(21,22)19-15-17-11-20(18-15)10-12-4-2-1-3-5-12/h1-9,11H,10H2,(H,18,19). The first-order chi connectivity index (χ1) is 11.0. The number of rotatable bonds is 5. The van der Waals surface area contributed by atoms with Gasteiger partial charge in [-0.2, -0.15) is 4.98 Å². The molecule has 0 atom stereocenters. The zero-order chi connectivity index (χ0) is 16.3. The van der Waals surface area contributed by atoms with Gasteiger partial charge in [-0.3, -0.25) is 0 Å². The Morgan fingerprint density at radius 1 is 1.04 bits per heavy atom. The van der Waals surface area contributed by atoms with Crippen LogP contribution in [0.3, 0.4) is 0 Å². The van der Waals surface area contributed by atoms with Crippen molar-refractivity contribution in [2.24, 2.45) is 0 Å². The highest BCUT2D eigenvalue weighted by Gasteiger charge is 2.16. The summed E-state index contributed by atoms with van der Waals surface area (Å²) in [5.74, 6) is 0.0240. The summed E-state index contributed by atoms with van der Waals surface area (Å²) in [7, 11) is -3.74. The fourth-order valence-corrected chi connectivity index (χ4v) is 3.05. The van der Waals surface area contributed by atoms with Crippen LogP contribution in [0.15, 0.2) is 65.8 Å². The highest BCUT2D eigenvalue weighted by atomic mass is 35.5. The number of benzene rings is 2. The number of halogens is 1. The SMILES string of the molecule is O=S(=O)(Nc1ncn(Cc2ccccc2)n1)c1ccc(Cl)cc1. The zero-order valence-corrected chi connectivity index (χ0v) is 13.5. The second-order valence-electron chi connectivity index (χ2n) is 4.81. The largest absolute Gasteiger partial charge is 0.264 e. The third-order valence-electron chi connectivity index (χ3n) is 3.07. The molecule has 2 aromatic carbocycles. The summed E-state index contributed by atoms with van der Waals surface area (Å²) in [5, 5.41) is 4.59. The molecule has 0 bridgehead atoms. The van der Waals surface area contributed by atoms with Gasteiger partial charge in [-0.25, -0.2) is 17.8 Å². The quantitative estimate of drug-likeness (QED) is 0.769. The Balaban J connectivity index is 1.74. The number of hydrogen-bond acceptors (Lipinski definition) is 4. The van der Waals surface area contributed by atoms with Gasteiger partial charge in [0.15, 0.2) is 0 Å². The first-order valence-electron chi connectivity index (χ1n) is 6.75. The fraction of sp³-hybridized carbons (Fsp3) is 0.0667. The lowest BCUT2D eigenvalue weighted by Gasteiger charge is -2.04. The second-order valence-corrected chi connectivity index (χ2v) is 6.93. The smallest absolute Gasteiger partial charge is 0.246 e. The predicted molar refractivity (Wildman–Crippen MR) is 87.8 cm³/mol. The molecule has 0 aliphatic carbocycles. The van der Waals surface area contributed by atoms with Crippen LogP contribution < -0.4 is 4.72 Å². The van der Waals surface area contributed by atoms with Crippen LogP contribution in [0.25, 0.3) is 0 Å². The van der Waals surface area contributed by atoms with Crippen LogP contribution in [0.4, 0.5) is 5.95 Å². The van der Waals surface area contributed by atoms with Crippen molar-refractivity contribution in [2.75, 3.05) is 4.72 Å². The molecule has 1 aromatic heterocycles. The summed E-state index contributed by atoms with van der Waals surface area (Å²) in [6.07, 6.45) is 1.48. The van der Waals surface area contributed by atoms with Gasteiger partial charge in [0.25, 0.3) is 16.0 Å². The van der Waals surface area contributed by atoms with Crippen molar-refractivity contribution in [3.63, 3.8) is 0 Å². The first-order valence-corrected chi connectivity index (χ1v) is 8.61. The van der Waals surface area contributed by atoms with Crippen LogP contribution in [0.2, 0.25) is 5.02 Å². The Morgan fingerprint density at radius 2 is 1.74 bits per heavy atom. The van der Waals surface area contributed by atoms with E-state index in [1.165, 1.54) is 30.6 Å². The zero-order valence-electron chi connectivity index (χ0n) is 11.9. The average Bonchev–Trinajstić information content (AvgIpc) is 2.95. The van der Waals surface area contributed by atoms with Gasteiger partial charge in [0.05, 0.1) is 11.4 Å². The molecule has 3 rings (SSSR count). The highest BCUT2D eigenvalue weighted by Crippen LogP contribution is 2.16. The minimum Gasteiger partial charge on any atom is -0.246 e. The van der Waals surface area contributed by atoms with Gasteiger partial charge in [0.1, 0.15) is 6.33 Å². The summed E-state index contributed by atoms with van der Waals surface area (Å²) >= 11 is 5.76. The minimum absolute atomic E-state index is 0.0240. The third-order valence-corrected chi connectivity index (χ3v) is 4.67. The molecule has 0 fully saturated rings. The number of aromatic nitrogens is 3. The molecule has 0 spiro atoms. The molecule has 118 valence electrons. The molecule has 0 aliphatic rings. The van der Waals surface area contributed by atoms with Crippen LogP contribution in [0, 0.1) is 0 Å². The van der Waals surface area contributed by atoms with Crippen molar-refractivity contribution in [1.29, 1.82) is 0 Å². The van der Waals surface area contributed by atoms with Crippen LogP contribution in [-0.4, -0.2) is 23.2 Å². The lowest BCUT2D eigenvalue weighted by molar-refractivity contribution is 0.600. The average molecular weight is 349 g/mol. The van der Waals surface area contributed by atoms with E-state index >= 15 is 0 Å². The van der Waals surface area contributed by atoms with Crippen molar-refractivity contribution in [3.05, 3.63) is 71.5 Å². The molecule has 0 amide bonds. The summed E-state index contributed by atoms with van der Waals surface area (Å²) < 4.78 is 28.4. The molecule has 0 saturated carbocycles. The molecule has 8 heteroatoms. The van der Waals surface area contributed by atoms with E-state index in [0.29, 0.717) is 11.6 Å². The number of anilines is 1. The van der Waals surface area contributed by atoms with E-state index in [1.54, 1.807) is 4.68 Å². The highest BCUT2D eigenvalue weighted by molar-refractivity contribution is 7.92. The molecule has 0 radical (unpaired) electrons. The van der Waals surface area contributed by atoms with Crippen molar-refractivity contribution in [2.45, 2.75) is 11.4 Å². The second kappa shape index (κ2) is 6.39. The molecule has 1 heterocycles. The summed E-state index contributed by atoms with van der Waals surface area (Å²) in [6.45, 7) is 0.510. The summed E-state index contributed by atoms with van der Waals surface area (Å²) in [6, 6.07) is 15.6. The molecule has 23 heavy (non-hydrogen) atoms. The Bertz CT molecular complexity index is 893. The monoisotopic (exact) mass is 348 g/mol. The van der Waals surface area contributed by atoms with Gasteiger partial charge in [-0.1, -0.05) is 41.9 Å². The Labute approximate surface area is 138 Å². The minimum atomic E-state index is -3.74. The molecule has 0 aliphatic heterocycles. The molecule has 0 saturated heterocycles. The van der Waals surface area contributed by atoms with Gasteiger partial charge in [0, 0.05) is 5.02 Å². The lowest BCUT2D eigenvalue weighted by atomic mass is 10.2. The van der Waals surface area contributed by atoms with Crippen LogP contribution in [0.5, 0.6) is 0 Å². The summed E-state index contributed by atoms with van der Waals surface area (Å²) in [5.41, 5.74) is 1.05. The maximum Gasteiger partial charge on any atom is 0.264 e. The fourth-order valence-electron chi connectivity index (χ4n) is 1.98. The van der Waals surface area contributed by atoms with Gasteiger partial charge in [-0.05, 0) is 29.8 Å². The number of hydrogen-bond donors (Lipinski definition) is 1. The van der Waals surface area contributed by atoms with Crippen molar-refractivity contribution < 1.29 is 8.42 Å². The van der Waals surface area contributed by atoms with E-state index in [2.05, 4.69) is 14.8 Å². The first kappa shape index (κ1) is 15.5. The van der Waals surface area contributed by atoms with Crippen LogP contribution in [-0.2, 0) is 16.6 Å².